The summed E-state index contributed by atoms with van der Waals surface area (Å²) in [6, 6.07) is 8.00. The fraction of sp³-hybridized carbons (Fsp3) is 0.533. The van der Waals surface area contributed by atoms with Crippen LogP contribution >= 0.6 is 0 Å². The van der Waals surface area contributed by atoms with Gasteiger partial charge in [0.2, 0.25) is 0 Å². The standard InChI is InChI=1S/C15H21N3O/c1-11(17)13-5-6-18(9-13)10-14-7-12(8-16)3-4-15(14)19-2/h3-4,7,11,13H,5-6,9-10,17H2,1-2H3. The van der Waals surface area contributed by atoms with E-state index in [0.717, 1.165) is 37.4 Å². The van der Waals surface area contributed by atoms with Crippen LogP contribution in [-0.2, 0) is 6.54 Å². The minimum Gasteiger partial charge on any atom is -0.496 e. The third-order valence-corrected chi connectivity index (χ3v) is 3.86. The van der Waals surface area contributed by atoms with E-state index in [1.54, 1.807) is 13.2 Å². The lowest BCUT2D eigenvalue weighted by Crippen LogP contribution is -2.29. The predicted molar refractivity (Wildman–Crippen MR) is 74.7 cm³/mol. The monoisotopic (exact) mass is 259 g/mol. The molecule has 1 aliphatic rings. The first-order chi connectivity index (χ1) is 9.13. The van der Waals surface area contributed by atoms with Gasteiger partial charge in [0.05, 0.1) is 18.7 Å². The predicted octanol–water partition coefficient (Wildman–Crippen LogP) is 1.74. The van der Waals surface area contributed by atoms with Gasteiger partial charge in [-0.05, 0) is 44.0 Å². The van der Waals surface area contributed by atoms with E-state index in [1.807, 2.05) is 12.1 Å². The highest BCUT2D eigenvalue weighted by Gasteiger charge is 2.25. The van der Waals surface area contributed by atoms with E-state index in [0.29, 0.717) is 11.5 Å². The Kier molecular flexibility index (Phi) is 4.41. The molecule has 0 aromatic heterocycles. The van der Waals surface area contributed by atoms with E-state index in [1.165, 1.54) is 0 Å². The van der Waals surface area contributed by atoms with Crippen LogP contribution in [0.25, 0.3) is 0 Å². The fourth-order valence-electron chi connectivity index (χ4n) is 2.65. The Morgan fingerprint density at radius 2 is 2.37 bits per heavy atom. The molecule has 2 unspecified atom stereocenters. The lowest BCUT2D eigenvalue weighted by molar-refractivity contribution is 0.301. The average Bonchev–Trinajstić information content (AvgIpc) is 2.87. The van der Waals surface area contributed by atoms with E-state index in [9.17, 15) is 0 Å². The molecule has 0 spiro atoms. The van der Waals surface area contributed by atoms with Gasteiger partial charge in [-0.15, -0.1) is 0 Å². The van der Waals surface area contributed by atoms with E-state index in [-0.39, 0.29) is 6.04 Å². The Morgan fingerprint density at radius 3 is 2.95 bits per heavy atom. The Balaban J connectivity index is 2.09. The highest BCUT2D eigenvalue weighted by Crippen LogP contribution is 2.25. The van der Waals surface area contributed by atoms with Crippen molar-refractivity contribution in [1.82, 2.24) is 4.90 Å². The number of nitrogens with two attached hydrogens (primary N) is 1. The number of ether oxygens (including phenoxy) is 1. The summed E-state index contributed by atoms with van der Waals surface area (Å²) in [7, 11) is 1.67. The van der Waals surface area contributed by atoms with Crippen LogP contribution in [-0.4, -0.2) is 31.1 Å². The second-order valence-electron chi connectivity index (χ2n) is 5.28. The molecule has 0 saturated carbocycles. The van der Waals surface area contributed by atoms with Gasteiger partial charge in [-0.1, -0.05) is 0 Å². The van der Waals surface area contributed by atoms with Crippen molar-refractivity contribution in [2.24, 2.45) is 11.7 Å². The Hall–Kier alpha value is -1.57. The van der Waals surface area contributed by atoms with Gasteiger partial charge in [0, 0.05) is 24.7 Å². The van der Waals surface area contributed by atoms with Gasteiger partial charge in [-0.25, -0.2) is 0 Å². The SMILES string of the molecule is COc1ccc(C#N)cc1CN1CCC(C(C)N)C1. The molecule has 1 aliphatic heterocycles. The molecule has 2 N–H and O–H groups in total. The van der Waals surface area contributed by atoms with Crippen LogP contribution < -0.4 is 10.5 Å². The zero-order chi connectivity index (χ0) is 13.8. The molecule has 1 heterocycles. The maximum Gasteiger partial charge on any atom is 0.123 e. The van der Waals surface area contributed by atoms with Crippen molar-refractivity contribution in [2.45, 2.75) is 25.9 Å². The third-order valence-electron chi connectivity index (χ3n) is 3.86. The number of nitrogens with zero attached hydrogens (tertiary/aromatic N) is 2. The molecule has 0 radical (unpaired) electrons. The number of methoxy groups -OCH3 is 1. The maximum atomic E-state index is 8.98. The first-order valence-electron chi connectivity index (χ1n) is 6.69. The van der Waals surface area contributed by atoms with Crippen molar-refractivity contribution in [3.05, 3.63) is 29.3 Å². The number of likely N-dealkylation sites (tertiary alicyclic amines) is 1. The lowest BCUT2D eigenvalue weighted by Gasteiger charge is -2.19. The molecule has 1 aromatic carbocycles. The molecule has 1 fully saturated rings. The average molecular weight is 259 g/mol. The second kappa shape index (κ2) is 6.05. The van der Waals surface area contributed by atoms with E-state index >= 15 is 0 Å². The van der Waals surface area contributed by atoms with Crippen molar-refractivity contribution in [3.63, 3.8) is 0 Å². The molecule has 4 heteroatoms. The zero-order valence-electron chi connectivity index (χ0n) is 11.6. The summed E-state index contributed by atoms with van der Waals surface area (Å²) in [5, 5.41) is 8.98. The van der Waals surface area contributed by atoms with Gasteiger partial charge in [0.25, 0.3) is 0 Å². The Bertz CT molecular complexity index is 479. The molecule has 0 amide bonds. The normalized spacial score (nSPS) is 21.1. The van der Waals surface area contributed by atoms with Crippen LogP contribution in [0.4, 0.5) is 0 Å². The van der Waals surface area contributed by atoms with Gasteiger partial charge in [0.1, 0.15) is 5.75 Å². The number of hydrogen-bond donors (Lipinski definition) is 1. The summed E-state index contributed by atoms with van der Waals surface area (Å²) < 4.78 is 5.37. The molecule has 102 valence electrons. The minimum absolute atomic E-state index is 0.248. The lowest BCUT2D eigenvalue weighted by atomic mass is 10.0. The number of nitriles is 1. The van der Waals surface area contributed by atoms with Crippen LogP contribution in [0.15, 0.2) is 18.2 Å². The van der Waals surface area contributed by atoms with Gasteiger partial charge in [-0.2, -0.15) is 5.26 Å². The van der Waals surface area contributed by atoms with Crippen molar-refractivity contribution >= 4 is 0 Å². The summed E-state index contributed by atoms with van der Waals surface area (Å²) in [4.78, 5) is 2.38. The second-order valence-corrected chi connectivity index (χ2v) is 5.28. The van der Waals surface area contributed by atoms with Crippen LogP contribution in [0.3, 0.4) is 0 Å². The summed E-state index contributed by atoms with van der Waals surface area (Å²) in [5.41, 5.74) is 7.72. The molecular weight excluding hydrogens is 238 g/mol. The largest absolute Gasteiger partial charge is 0.496 e. The van der Waals surface area contributed by atoms with E-state index in [2.05, 4.69) is 17.9 Å². The number of hydrogen-bond acceptors (Lipinski definition) is 4. The molecule has 2 rings (SSSR count). The highest BCUT2D eigenvalue weighted by atomic mass is 16.5. The molecule has 1 saturated heterocycles. The molecule has 4 nitrogen and oxygen atoms in total. The van der Waals surface area contributed by atoms with Crippen molar-refractivity contribution in [3.8, 4) is 11.8 Å². The highest BCUT2D eigenvalue weighted by molar-refractivity contribution is 5.42. The third kappa shape index (κ3) is 3.25. The summed E-state index contributed by atoms with van der Waals surface area (Å²) in [6.07, 6.45) is 1.15. The van der Waals surface area contributed by atoms with Crippen LogP contribution in [0.1, 0.15) is 24.5 Å². The molecule has 0 aliphatic carbocycles. The summed E-state index contributed by atoms with van der Waals surface area (Å²) >= 11 is 0. The van der Waals surface area contributed by atoms with Crippen molar-refractivity contribution < 1.29 is 4.74 Å². The maximum absolute atomic E-state index is 8.98. The fourth-order valence-corrected chi connectivity index (χ4v) is 2.65. The Morgan fingerprint density at radius 1 is 1.58 bits per heavy atom. The van der Waals surface area contributed by atoms with Crippen molar-refractivity contribution in [1.29, 1.82) is 5.26 Å². The number of benzene rings is 1. The Labute approximate surface area is 114 Å². The molecular formula is C15H21N3O. The molecule has 19 heavy (non-hydrogen) atoms. The zero-order valence-corrected chi connectivity index (χ0v) is 11.6. The van der Waals surface area contributed by atoms with Crippen LogP contribution in [0, 0.1) is 17.2 Å². The van der Waals surface area contributed by atoms with E-state index < -0.39 is 0 Å². The quantitative estimate of drug-likeness (QED) is 0.894. The van der Waals surface area contributed by atoms with Gasteiger partial charge in [0.15, 0.2) is 0 Å². The smallest absolute Gasteiger partial charge is 0.123 e. The van der Waals surface area contributed by atoms with Gasteiger partial charge < -0.3 is 10.5 Å². The van der Waals surface area contributed by atoms with Crippen molar-refractivity contribution in [2.75, 3.05) is 20.2 Å². The first kappa shape index (κ1) is 13.9. The summed E-state index contributed by atoms with van der Waals surface area (Å²) in [5.74, 6) is 1.42. The topological polar surface area (TPSA) is 62.3 Å². The van der Waals surface area contributed by atoms with Crippen LogP contribution in [0.5, 0.6) is 5.75 Å². The molecule has 2 atom stereocenters. The van der Waals surface area contributed by atoms with Gasteiger partial charge >= 0.3 is 0 Å². The van der Waals surface area contributed by atoms with E-state index in [4.69, 9.17) is 15.7 Å². The molecule has 0 bridgehead atoms. The first-order valence-corrected chi connectivity index (χ1v) is 6.69. The number of rotatable bonds is 4. The van der Waals surface area contributed by atoms with Crippen LogP contribution in [0.2, 0.25) is 0 Å². The van der Waals surface area contributed by atoms with Gasteiger partial charge in [-0.3, -0.25) is 4.90 Å². The minimum atomic E-state index is 0.248. The summed E-state index contributed by atoms with van der Waals surface area (Å²) in [6.45, 7) is 4.98. The molecule has 1 aromatic rings.